The molecule has 0 saturated heterocycles. The van der Waals surface area contributed by atoms with Gasteiger partial charge in [0.1, 0.15) is 0 Å². The lowest BCUT2D eigenvalue weighted by atomic mass is 10.0. The van der Waals surface area contributed by atoms with Crippen LogP contribution in [0.15, 0.2) is 0 Å². The van der Waals surface area contributed by atoms with E-state index in [-0.39, 0.29) is 0 Å². The molecule has 12 heavy (non-hydrogen) atoms. The third-order valence-electron chi connectivity index (χ3n) is 3.05. The van der Waals surface area contributed by atoms with E-state index in [0.717, 1.165) is 6.04 Å². The zero-order valence-electron chi connectivity index (χ0n) is 8.68. The molecule has 1 nitrogen and oxygen atoms in total. The predicted octanol–water partition coefficient (Wildman–Crippen LogP) is 3.05. The van der Waals surface area contributed by atoms with Crippen molar-refractivity contribution in [1.82, 2.24) is 4.90 Å². The lowest BCUT2D eigenvalue weighted by molar-refractivity contribution is 0.257. The van der Waals surface area contributed by atoms with Crippen molar-refractivity contribution in [1.29, 1.82) is 0 Å². The van der Waals surface area contributed by atoms with E-state index in [4.69, 9.17) is 0 Å². The van der Waals surface area contributed by atoms with Crippen LogP contribution in [-0.4, -0.2) is 25.0 Å². The van der Waals surface area contributed by atoms with Crippen LogP contribution in [-0.2, 0) is 0 Å². The van der Waals surface area contributed by atoms with Crippen LogP contribution in [0.25, 0.3) is 0 Å². The molecule has 1 aliphatic rings. The van der Waals surface area contributed by atoms with Crippen LogP contribution in [0.3, 0.4) is 0 Å². The molecule has 0 aromatic heterocycles. The molecule has 0 heterocycles. The predicted molar refractivity (Wildman–Crippen MR) is 54.4 cm³/mol. The highest BCUT2D eigenvalue weighted by Crippen LogP contribution is 2.19. The van der Waals surface area contributed by atoms with Crippen LogP contribution in [0.4, 0.5) is 0 Å². The highest BCUT2D eigenvalue weighted by Gasteiger charge is 2.11. The van der Waals surface area contributed by atoms with Gasteiger partial charge in [0.25, 0.3) is 0 Å². The van der Waals surface area contributed by atoms with E-state index >= 15 is 0 Å². The summed E-state index contributed by atoms with van der Waals surface area (Å²) in [6.45, 7) is 0. The third kappa shape index (κ3) is 3.57. The van der Waals surface area contributed by atoms with Crippen LogP contribution >= 0.6 is 0 Å². The van der Waals surface area contributed by atoms with Gasteiger partial charge in [-0.15, -0.1) is 0 Å². The Morgan fingerprint density at radius 1 is 0.750 bits per heavy atom. The number of nitrogens with zero attached hydrogens (tertiary/aromatic N) is 1. The van der Waals surface area contributed by atoms with Crippen LogP contribution in [0, 0.1) is 0 Å². The summed E-state index contributed by atoms with van der Waals surface area (Å²) in [5.41, 5.74) is 0. The van der Waals surface area contributed by atoms with E-state index in [1.165, 1.54) is 51.4 Å². The fourth-order valence-corrected chi connectivity index (χ4v) is 2.13. The zero-order valence-corrected chi connectivity index (χ0v) is 8.68. The van der Waals surface area contributed by atoms with Gasteiger partial charge in [-0.3, -0.25) is 0 Å². The van der Waals surface area contributed by atoms with Gasteiger partial charge in [-0.25, -0.2) is 0 Å². The van der Waals surface area contributed by atoms with Gasteiger partial charge in [-0.2, -0.15) is 0 Å². The maximum Gasteiger partial charge on any atom is 0.00891 e. The minimum Gasteiger partial charge on any atom is -0.306 e. The molecule has 1 aliphatic carbocycles. The Kier molecular flexibility index (Phi) is 4.67. The second kappa shape index (κ2) is 5.58. The average molecular weight is 169 g/mol. The monoisotopic (exact) mass is 169 g/mol. The van der Waals surface area contributed by atoms with Crippen molar-refractivity contribution in [2.45, 2.75) is 57.4 Å². The standard InChI is InChI=1S/C11H23N/c1-12(2)11-9-7-5-3-4-6-8-10-11/h11H,3-10H2,1-2H3. The van der Waals surface area contributed by atoms with E-state index in [1.54, 1.807) is 0 Å². The number of rotatable bonds is 1. The molecule has 0 unspecified atom stereocenters. The Morgan fingerprint density at radius 3 is 1.58 bits per heavy atom. The van der Waals surface area contributed by atoms with Gasteiger partial charge >= 0.3 is 0 Å². The molecule has 0 spiro atoms. The topological polar surface area (TPSA) is 3.24 Å². The minimum absolute atomic E-state index is 0.864. The molecular weight excluding hydrogens is 146 g/mol. The smallest absolute Gasteiger partial charge is 0.00891 e. The molecule has 0 amide bonds. The largest absolute Gasteiger partial charge is 0.306 e. The summed E-state index contributed by atoms with van der Waals surface area (Å²) in [6.07, 6.45) is 11.6. The summed E-state index contributed by atoms with van der Waals surface area (Å²) < 4.78 is 0. The Morgan fingerprint density at radius 2 is 1.17 bits per heavy atom. The van der Waals surface area contributed by atoms with Gasteiger partial charge in [-0.05, 0) is 26.9 Å². The number of hydrogen-bond donors (Lipinski definition) is 0. The maximum absolute atomic E-state index is 2.41. The average Bonchev–Trinajstić information content (AvgIpc) is 2.15. The van der Waals surface area contributed by atoms with E-state index in [1.807, 2.05) is 0 Å². The summed E-state index contributed by atoms with van der Waals surface area (Å²) >= 11 is 0. The molecule has 1 heteroatoms. The Labute approximate surface area is 77.1 Å². The molecule has 0 aliphatic heterocycles. The first-order valence-electron chi connectivity index (χ1n) is 5.47. The first kappa shape index (κ1) is 10.0. The molecule has 1 saturated carbocycles. The second-order valence-electron chi connectivity index (χ2n) is 4.32. The van der Waals surface area contributed by atoms with E-state index < -0.39 is 0 Å². The molecule has 1 rings (SSSR count). The van der Waals surface area contributed by atoms with Gasteiger partial charge in [0.2, 0.25) is 0 Å². The van der Waals surface area contributed by atoms with Gasteiger partial charge in [0, 0.05) is 6.04 Å². The minimum atomic E-state index is 0.864. The normalized spacial score (nSPS) is 23.2. The van der Waals surface area contributed by atoms with Crippen molar-refractivity contribution >= 4 is 0 Å². The Bertz CT molecular complexity index is 99.6. The van der Waals surface area contributed by atoms with Gasteiger partial charge in [-0.1, -0.05) is 38.5 Å². The van der Waals surface area contributed by atoms with Crippen molar-refractivity contribution in [2.24, 2.45) is 0 Å². The van der Waals surface area contributed by atoms with Crippen molar-refractivity contribution in [3.63, 3.8) is 0 Å². The summed E-state index contributed by atoms with van der Waals surface area (Å²) in [7, 11) is 4.45. The molecular formula is C11H23N. The van der Waals surface area contributed by atoms with Crippen LogP contribution < -0.4 is 0 Å². The first-order valence-corrected chi connectivity index (χ1v) is 5.47. The molecule has 0 N–H and O–H groups in total. The molecule has 0 aromatic carbocycles. The van der Waals surface area contributed by atoms with Crippen molar-refractivity contribution < 1.29 is 0 Å². The van der Waals surface area contributed by atoms with Crippen molar-refractivity contribution in [2.75, 3.05) is 14.1 Å². The zero-order chi connectivity index (χ0) is 8.81. The van der Waals surface area contributed by atoms with Crippen LogP contribution in [0.1, 0.15) is 51.4 Å². The highest BCUT2D eigenvalue weighted by atomic mass is 15.1. The maximum atomic E-state index is 2.41. The fourth-order valence-electron chi connectivity index (χ4n) is 2.13. The lowest BCUT2D eigenvalue weighted by Crippen LogP contribution is -2.27. The van der Waals surface area contributed by atoms with E-state index in [2.05, 4.69) is 19.0 Å². The third-order valence-corrected chi connectivity index (χ3v) is 3.05. The molecule has 1 fully saturated rings. The molecule has 0 aromatic rings. The summed E-state index contributed by atoms with van der Waals surface area (Å²) in [5, 5.41) is 0. The summed E-state index contributed by atoms with van der Waals surface area (Å²) in [5.74, 6) is 0. The van der Waals surface area contributed by atoms with Gasteiger partial charge in [0.05, 0.1) is 0 Å². The van der Waals surface area contributed by atoms with Gasteiger partial charge in [0.15, 0.2) is 0 Å². The van der Waals surface area contributed by atoms with Crippen molar-refractivity contribution in [3.8, 4) is 0 Å². The van der Waals surface area contributed by atoms with Crippen molar-refractivity contribution in [3.05, 3.63) is 0 Å². The lowest BCUT2D eigenvalue weighted by Gasteiger charge is -2.23. The quantitative estimate of drug-likeness (QED) is 0.583. The van der Waals surface area contributed by atoms with Gasteiger partial charge < -0.3 is 4.90 Å². The molecule has 72 valence electrons. The first-order chi connectivity index (χ1) is 5.80. The number of hydrogen-bond acceptors (Lipinski definition) is 1. The SMILES string of the molecule is CN(C)C1CCCCCCCC1. The summed E-state index contributed by atoms with van der Waals surface area (Å²) in [6, 6.07) is 0.864. The molecule has 0 radical (unpaired) electrons. The second-order valence-corrected chi connectivity index (χ2v) is 4.32. The van der Waals surface area contributed by atoms with E-state index in [9.17, 15) is 0 Å². The van der Waals surface area contributed by atoms with E-state index in [0.29, 0.717) is 0 Å². The highest BCUT2D eigenvalue weighted by molar-refractivity contribution is 4.68. The fraction of sp³-hybridized carbons (Fsp3) is 1.00. The van der Waals surface area contributed by atoms with Crippen LogP contribution in [0.5, 0.6) is 0 Å². The van der Waals surface area contributed by atoms with Crippen LogP contribution in [0.2, 0.25) is 0 Å². The Hall–Kier alpha value is -0.0400. The molecule has 0 bridgehead atoms. The Balaban J connectivity index is 2.28. The molecule has 0 atom stereocenters. The summed E-state index contributed by atoms with van der Waals surface area (Å²) in [4.78, 5) is 2.41.